The molecule has 0 amide bonds. The van der Waals surface area contributed by atoms with Crippen molar-refractivity contribution in [2.75, 3.05) is 45.1 Å². The molecule has 4 aliphatic carbocycles. The number of hydrogen-bond acceptors (Lipinski definition) is 2. The lowest BCUT2D eigenvalue weighted by Crippen LogP contribution is -2.54. The molecule has 120 valence electrons. The normalized spacial score (nSPS) is 43.6. The van der Waals surface area contributed by atoms with Crippen molar-refractivity contribution in [1.82, 2.24) is 9.80 Å². The van der Waals surface area contributed by atoms with E-state index in [0.29, 0.717) is 0 Å². The summed E-state index contributed by atoms with van der Waals surface area (Å²) in [4.78, 5) is 5.41. The molecule has 5 rings (SSSR count). The average Bonchev–Trinajstić information content (AvgIpc) is 2.45. The number of halogens is 1. The molecule has 1 aliphatic heterocycles. The summed E-state index contributed by atoms with van der Waals surface area (Å²) in [5.74, 6) is 4.11. The molecule has 4 saturated carbocycles. The summed E-state index contributed by atoms with van der Waals surface area (Å²) in [6, 6.07) is 0. The van der Waals surface area contributed by atoms with Crippen LogP contribution >= 0.6 is 11.6 Å². The molecule has 0 aromatic heterocycles. The van der Waals surface area contributed by atoms with Crippen molar-refractivity contribution in [3.05, 3.63) is 0 Å². The first-order valence-corrected chi connectivity index (χ1v) is 9.79. The highest BCUT2D eigenvalue weighted by atomic mass is 35.5. The maximum Gasteiger partial charge on any atom is 0.0235 e. The van der Waals surface area contributed by atoms with Gasteiger partial charge in [-0.3, -0.25) is 0 Å². The second kappa shape index (κ2) is 6.02. The van der Waals surface area contributed by atoms with Crippen molar-refractivity contribution < 1.29 is 0 Å². The Morgan fingerprint density at radius 1 is 0.810 bits per heavy atom. The zero-order chi connectivity index (χ0) is 14.3. The Bertz CT molecular complexity index is 327. The lowest BCUT2D eigenvalue weighted by molar-refractivity contribution is -0.0735. The van der Waals surface area contributed by atoms with Gasteiger partial charge in [-0.25, -0.2) is 0 Å². The fourth-order valence-electron chi connectivity index (χ4n) is 6.41. The van der Waals surface area contributed by atoms with E-state index in [2.05, 4.69) is 9.80 Å². The van der Waals surface area contributed by atoms with Gasteiger partial charge in [-0.1, -0.05) is 0 Å². The molecule has 1 heterocycles. The first kappa shape index (κ1) is 14.8. The second-order valence-corrected chi connectivity index (χ2v) is 8.96. The third-order valence-corrected chi connectivity index (χ3v) is 7.06. The van der Waals surface area contributed by atoms with E-state index in [4.69, 9.17) is 11.6 Å². The Kier molecular flexibility index (Phi) is 4.23. The Balaban J connectivity index is 1.31. The van der Waals surface area contributed by atoms with Crippen molar-refractivity contribution in [3.63, 3.8) is 0 Å². The van der Waals surface area contributed by atoms with Crippen molar-refractivity contribution in [3.8, 4) is 0 Å². The standard InChI is InChI=1S/C18H31ClN2/c19-2-1-3-20-4-6-21(7-5-20)14-18-11-15-8-16(12-18)10-17(9-15)13-18/h15-17H,1-14H2. The average molecular weight is 311 g/mol. The quantitative estimate of drug-likeness (QED) is 0.718. The second-order valence-electron chi connectivity index (χ2n) is 8.58. The molecule has 0 N–H and O–H groups in total. The van der Waals surface area contributed by atoms with Gasteiger partial charge < -0.3 is 9.80 Å². The van der Waals surface area contributed by atoms with Gasteiger partial charge in [0.1, 0.15) is 0 Å². The van der Waals surface area contributed by atoms with Crippen LogP contribution in [0.2, 0.25) is 0 Å². The van der Waals surface area contributed by atoms with Crippen molar-refractivity contribution in [2.45, 2.75) is 44.9 Å². The molecule has 0 atom stereocenters. The van der Waals surface area contributed by atoms with Crippen LogP contribution in [0.15, 0.2) is 0 Å². The highest BCUT2D eigenvalue weighted by Gasteiger charge is 2.51. The fourth-order valence-corrected chi connectivity index (χ4v) is 6.53. The summed E-state index contributed by atoms with van der Waals surface area (Å²) >= 11 is 5.82. The van der Waals surface area contributed by atoms with Gasteiger partial charge in [0.25, 0.3) is 0 Å². The van der Waals surface area contributed by atoms with E-state index in [1.807, 2.05) is 0 Å². The van der Waals surface area contributed by atoms with Gasteiger partial charge in [0.2, 0.25) is 0 Å². The van der Waals surface area contributed by atoms with Crippen molar-refractivity contribution >= 4 is 11.6 Å². The molecule has 0 unspecified atom stereocenters. The van der Waals surface area contributed by atoms with Crippen LogP contribution in [0, 0.1) is 23.2 Å². The fraction of sp³-hybridized carbons (Fsp3) is 1.00. The van der Waals surface area contributed by atoms with Gasteiger partial charge in [-0.2, -0.15) is 0 Å². The van der Waals surface area contributed by atoms with Gasteiger partial charge >= 0.3 is 0 Å². The largest absolute Gasteiger partial charge is 0.301 e. The van der Waals surface area contributed by atoms with E-state index in [1.54, 1.807) is 38.5 Å². The SMILES string of the molecule is ClCCCN1CCN(CC23CC4CC(CC(C4)C2)C3)CC1. The van der Waals surface area contributed by atoms with Crippen LogP contribution < -0.4 is 0 Å². The smallest absolute Gasteiger partial charge is 0.0235 e. The molecule has 0 aromatic carbocycles. The predicted molar refractivity (Wildman–Crippen MR) is 88.8 cm³/mol. The number of piperazine rings is 1. The van der Waals surface area contributed by atoms with E-state index < -0.39 is 0 Å². The van der Waals surface area contributed by atoms with E-state index in [-0.39, 0.29) is 0 Å². The predicted octanol–water partition coefficient (Wildman–Crippen LogP) is 3.45. The van der Waals surface area contributed by atoms with Gasteiger partial charge in [-0.15, -0.1) is 11.6 Å². The van der Waals surface area contributed by atoms with Gasteiger partial charge in [-0.05, 0) is 74.7 Å². The number of rotatable bonds is 5. The molecule has 0 spiro atoms. The number of alkyl halides is 1. The summed E-state index contributed by atoms with van der Waals surface area (Å²) in [6.07, 6.45) is 10.6. The van der Waals surface area contributed by atoms with Crippen molar-refractivity contribution in [1.29, 1.82) is 0 Å². The molecule has 21 heavy (non-hydrogen) atoms. The van der Waals surface area contributed by atoms with Crippen LogP contribution in [0.25, 0.3) is 0 Å². The summed E-state index contributed by atoms with van der Waals surface area (Å²) in [5.41, 5.74) is 0.729. The number of nitrogens with zero attached hydrogens (tertiary/aromatic N) is 2. The van der Waals surface area contributed by atoms with Gasteiger partial charge in [0, 0.05) is 38.6 Å². The molecule has 0 radical (unpaired) electrons. The first-order valence-electron chi connectivity index (χ1n) is 9.25. The van der Waals surface area contributed by atoms with Crippen LogP contribution in [0.4, 0.5) is 0 Å². The monoisotopic (exact) mass is 310 g/mol. The number of hydrogen-bond donors (Lipinski definition) is 0. The minimum atomic E-state index is 0.729. The van der Waals surface area contributed by atoms with Crippen molar-refractivity contribution in [2.24, 2.45) is 23.2 Å². The van der Waals surface area contributed by atoms with Crippen LogP contribution in [0.5, 0.6) is 0 Å². The molecule has 5 fully saturated rings. The Labute approximate surface area is 135 Å². The highest BCUT2D eigenvalue weighted by Crippen LogP contribution is 2.60. The van der Waals surface area contributed by atoms with E-state index >= 15 is 0 Å². The molecule has 4 bridgehead atoms. The minimum absolute atomic E-state index is 0.729. The molecule has 5 aliphatic rings. The van der Waals surface area contributed by atoms with Crippen LogP contribution in [0.1, 0.15) is 44.9 Å². The lowest BCUT2D eigenvalue weighted by atomic mass is 9.49. The van der Waals surface area contributed by atoms with E-state index in [1.165, 1.54) is 39.3 Å². The third kappa shape index (κ3) is 3.14. The van der Waals surface area contributed by atoms with E-state index in [0.717, 1.165) is 35.5 Å². The molecular weight excluding hydrogens is 280 g/mol. The molecule has 0 aromatic rings. The van der Waals surface area contributed by atoms with Gasteiger partial charge in [0.05, 0.1) is 0 Å². The topological polar surface area (TPSA) is 6.48 Å². The molecule has 1 saturated heterocycles. The minimum Gasteiger partial charge on any atom is -0.301 e. The summed E-state index contributed by atoms with van der Waals surface area (Å²) in [5, 5.41) is 0. The summed E-state index contributed by atoms with van der Waals surface area (Å²) < 4.78 is 0. The maximum atomic E-state index is 5.82. The summed E-state index contributed by atoms with van der Waals surface area (Å²) in [6.45, 7) is 7.75. The molecular formula is C18H31ClN2. The van der Waals surface area contributed by atoms with Crippen LogP contribution in [-0.2, 0) is 0 Å². The van der Waals surface area contributed by atoms with Gasteiger partial charge in [0.15, 0.2) is 0 Å². The Morgan fingerprint density at radius 3 is 1.86 bits per heavy atom. The molecule has 2 nitrogen and oxygen atoms in total. The highest BCUT2D eigenvalue weighted by molar-refractivity contribution is 6.17. The Morgan fingerprint density at radius 2 is 1.33 bits per heavy atom. The maximum absolute atomic E-state index is 5.82. The van der Waals surface area contributed by atoms with Crippen LogP contribution in [0.3, 0.4) is 0 Å². The Hall–Kier alpha value is 0.210. The lowest BCUT2D eigenvalue weighted by Gasteiger charge is -2.58. The molecule has 3 heteroatoms. The van der Waals surface area contributed by atoms with Crippen LogP contribution in [-0.4, -0.2) is 54.9 Å². The zero-order valence-corrected chi connectivity index (χ0v) is 14.2. The first-order chi connectivity index (χ1) is 10.2. The zero-order valence-electron chi connectivity index (χ0n) is 13.4. The summed E-state index contributed by atoms with van der Waals surface area (Å²) in [7, 11) is 0. The van der Waals surface area contributed by atoms with E-state index in [9.17, 15) is 0 Å². The third-order valence-electron chi connectivity index (χ3n) is 6.80.